The van der Waals surface area contributed by atoms with Gasteiger partial charge in [-0.3, -0.25) is 34.2 Å². The molecule has 178 valence electrons. The molecule has 1 atom stereocenters. The first-order chi connectivity index (χ1) is 15.9. The summed E-state index contributed by atoms with van der Waals surface area (Å²) < 4.78 is 16.2. The Labute approximate surface area is 191 Å². The van der Waals surface area contributed by atoms with Crippen molar-refractivity contribution >= 4 is 29.4 Å². The predicted octanol–water partition coefficient (Wildman–Crippen LogP) is 1.26. The Morgan fingerprint density at radius 2 is 1.85 bits per heavy atom. The Bertz CT molecular complexity index is 929. The number of carbonyl (C=O) groups is 5. The van der Waals surface area contributed by atoms with E-state index in [-0.39, 0.29) is 42.1 Å². The summed E-state index contributed by atoms with van der Waals surface area (Å²) >= 11 is 0. The number of piperidine rings is 1. The van der Waals surface area contributed by atoms with Crippen molar-refractivity contribution in [2.45, 2.75) is 45.1 Å². The van der Waals surface area contributed by atoms with Crippen molar-refractivity contribution in [1.29, 1.82) is 0 Å². The highest BCUT2D eigenvalue weighted by Crippen LogP contribution is 2.33. The number of nitrogens with one attached hydrogen (secondary N) is 1. The van der Waals surface area contributed by atoms with Crippen LogP contribution in [-0.2, 0) is 23.9 Å². The van der Waals surface area contributed by atoms with Gasteiger partial charge in [-0.25, -0.2) is 0 Å². The third-order valence-electron chi connectivity index (χ3n) is 5.39. The second-order valence-corrected chi connectivity index (χ2v) is 7.72. The molecular formula is C23H28N2O8. The number of nitrogens with zero attached hydrogens (tertiary/aromatic N) is 1. The van der Waals surface area contributed by atoms with E-state index < -0.39 is 29.7 Å². The summed E-state index contributed by atoms with van der Waals surface area (Å²) in [6.45, 7) is 3.94. The van der Waals surface area contributed by atoms with Crippen LogP contribution < -0.4 is 10.1 Å². The minimum atomic E-state index is -1.06. The van der Waals surface area contributed by atoms with E-state index in [2.05, 4.69) is 5.32 Å². The van der Waals surface area contributed by atoms with Crippen molar-refractivity contribution in [3.8, 4) is 5.75 Å². The van der Waals surface area contributed by atoms with E-state index >= 15 is 0 Å². The van der Waals surface area contributed by atoms with Crippen LogP contribution in [0.4, 0.5) is 0 Å². The van der Waals surface area contributed by atoms with Gasteiger partial charge >= 0.3 is 0 Å². The van der Waals surface area contributed by atoms with Gasteiger partial charge in [0.25, 0.3) is 11.8 Å². The standard InChI is InChI=1S/C23H28N2O8/c1-2-31-12-13-32-11-4-3-6-15(26)14-33-18-8-5-7-16-20(18)23(30)25(22(16)29)17-9-10-19(27)24-21(17)28/h5,7-8,17H,2-4,6,9-14H2,1H3,(H,24,27,28). The molecule has 2 heterocycles. The first kappa shape index (κ1) is 24.5. The van der Waals surface area contributed by atoms with Gasteiger partial charge in [-0.15, -0.1) is 0 Å². The lowest BCUT2D eigenvalue weighted by Gasteiger charge is -2.27. The minimum Gasteiger partial charge on any atom is -0.485 e. The topological polar surface area (TPSA) is 128 Å². The quantitative estimate of drug-likeness (QED) is 0.344. The summed E-state index contributed by atoms with van der Waals surface area (Å²) in [6.07, 6.45) is 1.79. The zero-order valence-electron chi connectivity index (χ0n) is 18.6. The molecule has 33 heavy (non-hydrogen) atoms. The number of fused-ring (bicyclic) bond motifs is 1. The Balaban J connectivity index is 1.52. The van der Waals surface area contributed by atoms with Crippen LogP contribution in [0.1, 0.15) is 59.7 Å². The van der Waals surface area contributed by atoms with Crippen LogP contribution in [0.25, 0.3) is 0 Å². The van der Waals surface area contributed by atoms with Crippen molar-refractivity contribution in [1.82, 2.24) is 10.2 Å². The number of rotatable bonds is 13. The molecule has 0 aromatic heterocycles. The molecule has 1 saturated heterocycles. The molecule has 0 spiro atoms. The van der Waals surface area contributed by atoms with E-state index in [1.165, 1.54) is 12.1 Å². The molecule has 2 aliphatic heterocycles. The number of hydrogen-bond acceptors (Lipinski definition) is 8. The van der Waals surface area contributed by atoms with Gasteiger partial charge in [-0.05, 0) is 38.3 Å². The molecule has 0 aliphatic carbocycles. The van der Waals surface area contributed by atoms with Gasteiger partial charge in [0.15, 0.2) is 5.78 Å². The molecule has 1 fully saturated rings. The number of imide groups is 2. The highest BCUT2D eigenvalue weighted by atomic mass is 16.5. The summed E-state index contributed by atoms with van der Waals surface area (Å²) in [5.41, 5.74) is 0.140. The summed E-state index contributed by atoms with van der Waals surface area (Å²) in [7, 11) is 0. The fourth-order valence-electron chi connectivity index (χ4n) is 3.73. The first-order valence-electron chi connectivity index (χ1n) is 11.1. The third kappa shape index (κ3) is 6.02. The number of amides is 4. The normalized spacial score (nSPS) is 17.8. The third-order valence-corrected chi connectivity index (χ3v) is 5.39. The molecule has 10 heteroatoms. The van der Waals surface area contributed by atoms with Crippen molar-refractivity contribution in [3.05, 3.63) is 29.3 Å². The van der Waals surface area contributed by atoms with Crippen molar-refractivity contribution < 1.29 is 38.2 Å². The molecule has 1 aromatic carbocycles. The molecule has 4 amide bonds. The molecule has 0 bridgehead atoms. The molecule has 1 N–H and O–H groups in total. The van der Waals surface area contributed by atoms with Crippen molar-refractivity contribution in [2.24, 2.45) is 0 Å². The first-order valence-corrected chi connectivity index (χ1v) is 11.1. The van der Waals surface area contributed by atoms with Gasteiger partial charge in [-0.1, -0.05) is 6.07 Å². The van der Waals surface area contributed by atoms with Gasteiger partial charge in [0, 0.05) is 26.1 Å². The maximum atomic E-state index is 13.0. The number of ether oxygens (including phenoxy) is 3. The second kappa shape index (κ2) is 11.7. The van der Waals surface area contributed by atoms with Gasteiger partial charge in [0.1, 0.15) is 18.4 Å². The highest BCUT2D eigenvalue weighted by molar-refractivity contribution is 6.24. The molecule has 0 saturated carbocycles. The van der Waals surface area contributed by atoms with Crippen LogP contribution in [-0.4, -0.2) is 73.4 Å². The van der Waals surface area contributed by atoms with Crippen LogP contribution in [0.5, 0.6) is 5.75 Å². The second-order valence-electron chi connectivity index (χ2n) is 7.72. The molecule has 0 radical (unpaired) electrons. The van der Waals surface area contributed by atoms with Gasteiger partial charge in [-0.2, -0.15) is 0 Å². The SMILES string of the molecule is CCOCCOCCCCC(=O)COc1cccc2c1C(=O)N(C1CCC(=O)NC1=O)C2=O. The Morgan fingerprint density at radius 1 is 1.06 bits per heavy atom. The van der Waals surface area contributed by atoms with Gasteiger partial charge in [0.05, 0.1) is 24.3 Å². The highest BCUT2D eigenvalue weighted by Gasteiger charge is 2.46. The molecule has 3 rings (SSSR count). The minimum absolute atomic E-state index is 0.0303. The van der Waals surface area contributed by atoms with Gasteiger partial charge in [0.2, 0.25) is 11.8 Å². The zero-order valence-corrected chi connectivity index (χ0v) is 18.6. The Morgan fingerprint density at radius 3 is 2.61 bits per heavy atom. The van der Waals surface area contributed by atoms with Crippen LogP contribution in [0.2, 0.25) is 0 Å². The van der Waals surface area contributed by atoms with E-state index in [0.29, 0.717) is 39.3 Å². The number of benzene rings is 1. The number of Topliss-reactive ketones (excluding diaryl/α,β-unsaturated/α-hetero) is 1. The number of unbranched alkanes of at least 4 members (excludes halogenated alkanes) is 1. The van der Waals surface area contributed by atoms with E-state index in [1.54, 1.807) is 6.07 Å². The van der Waals surface area contributed by atoms with Crippen LogP contribution in [0.15, 0.2) is 18.2 Å². The average molecular weight is 460 g/mol. The molecule has 1 aromatic rings. The number of ketones is 1. The molecule has 10 nitrogen and oxygen atoms in total. The summed E-state index contributed by atoms with van der Waals surface area (Å²) in [4.78, 5) is 62.4. The number of carbonyl (C=O) groups excluding carboxylic acids is 5. The van der Waals surface area contributed by atoms with Crippen LogP contribution in [0.3, 0.4) is 0 Å². The summed E-state index contributed by atoms with van der Waals surface area (Å²) in [5.74, 6) is -2.43. The summed E-state index contributed by atoms with van der Waals surface area (Å²) in [5, 5.41) is 2.15. The Hall–Kier alpha value is -3.11. The van der Waals surface area contributed by atoms with Crippen LogP contribution in [0, 0.1) is 0 Å². The van der Waals surface area contributed by atoms with E-state index in [0.717, 1.165) is 11.3 Å². The summed E-state index contributed by atoms with van der Waals surface area (Å²) in [6, 6.07) is 3.48. The fraction of sp³-hybridized carbons (Fsp3) is 0.522. The lowest BCUT2D eigenvalue weighted by Crippen LogP contribution is -2.54. The van der Waals surface area contributed by atoms with Crippen molar-refractivity contribution in [2.75, 3.05) is 33.0 Å². The lowest BCUT2D eigenvalue weighted by atomic mass is 10.0. The molecular weight excluding hydrogens is 432 g/mol. The maximum absolute atomic E-state index is 13.0. The monoisotopic (exact) mass is 460 g/mol. The Kier molecular flexibility index (Phi) is 8.67. The van der Waals surface area contributed by atoms with Gasteiger partial charge < -0.3 is 14.2 Å². The zero-order chi connectivity index (χ0) is 23.8. The number of hydrogen-bond donors (Lipinski definition) is 1. The van der Waals surface area contributed by atoms with E-state index in [4.69, 9.17) is 14.2 Å². The maximum Gasteiger partial charge on any atom is 0.266 e. The van der Waals surface area contributed by atoms with Crippen molar-refractivity contribution in [3.63, 3.8) is 0 Å². The average Bonchev–Trinajstić information content (AvgIpc) is 3.05. The molecule has 1 unspecified atom stereocenters. The van der Waals surface area contributed by atoms with E-state index in [9.17, 15) is 24.0 Å². The fourth-order valence-corrected chi connectivity index (χ4v) is 3.73. The lowest BCUT2D eigenvalue weighted by molar-refractivity contribution is -0.136. The smallest absolute Gasteiger partial charge is 0.266 e. The van der Waals surface area contributed by atoms with E-state index in [1.807, 2.05) is 6.92 Å². The molecule has 2 aliphatic rings. The largest absolute Gasteiger partial charge is 0.485 e. The van der Waals surface area contributed by atoms with Crippen LogP contribution >= 0.6 is 0 Å². The predicted molar refractivity (Wildman–Crippen MR) is 115 cm³/mol.